The van der Waals surface area contributed by atoms with Gasteiger partial charge in [0, 0.05) is 21.5 Å². The van der Waals surface area contributed by atoms with Gasteiger partial charge in [-0.15, -0.1) is 0 Å². The van der Waals surface area contributed by atoms with Crippen molar-refractivity contribution in [2.24, 2.45) is 0 Å². The van der Waals surface area contributed by atoms with E-state index < -0.39 is 0 Å². The topological polar surface area (TPSA) is 20.2 Å². The van der Waals surface area contributed by atoms with Crippen LogP contribution in [0.25, 0.3) is 0 Å². The van der Waals surface area contributed by atoms with E-state index in [1.165, 1.54) is 30.4 Å². The van der Waals surface area contributed by atoms with Crippen LogP contribution in [-0.4, -0.2) is 26.6 Å². The van der Waals surface area contributed by atoms with Gasteiger partial charge in [0.1, 0.15) is 0 Å². The molecule has 2 fully saturated rings. The maximum Gasteiger partial charge on any atom is 0.0919 e. The second kappa shape index (κ2) is 6.33. The third kappa shape index (κ3) is 2.90. The van der Waals surface area contributed by atoms with E-state index in [2.05, 4.69) is 38.1 Å². The van der Waals surface area contributed by atoms with Crippen LogP contribution in [0.4, 0.5) is 0 Å². The van der Waals surface area contributed by atoms with E-state index in [0.29, 0.717) is 21.7 Å². The summed E-state index contributed by atoms with van der Waals surface area (Å²) < 4.78 is 0. The first-order valence-electron chi connectivity index (χ1n) is 7.70. The highest BCUT2D eigenvalue weighted by Gasteiger charge is 2.33. The average molecular weight is 309 g/mol. The van der Waals surface area contributed by atoms with Crippen LogP contribution in [0.1, 0.15) is 56.3 Å². The van der Waals surface area contributed by atoms with Gasteiger partial charge in [0.05, 0.1) is 6.10 Å². The summed E-state index contributed by atoms with van der Waals surface area (Å²) in [4.78, 5) is 0. The molecule has 1 aromatic carbocycles. The lowest BCUT2D eigenvalue weighted by Gasteiger charge is -2.36. The van der Waals surface area contributed by atoms with Gasteiger partial charge < -0.3 is 5.11 Å². The Labute approximate surface area is 130 Å². The van der Waals surface area contributed by atoms with Crippen LogP contribution in [0.2, 0.25) is 0 Å². The Hall–Kier alpha value is -0.120. The monoisotopic (exact) mass is 308 g/mol. The van der Waals surface area contributed by atoms with Crippen molar-refractivity contribution in [3.05, 3.63) is 35.4 Å². The Morgan fingerprint density at radius 2 is 1.90 bits per heavy atom. The van der Waals surface area contributed by atoms with Gasteiger partial charge in [-0.05, 0) is 29.9 Å². The predicted octanol–water partition coefficient (Wildman–Crippen LogP) is 4.61. The predicted molar refractivity (Wildman–Crippen MR) is 90.8 cm³/mol. The highest BCUT2D eigenvalue weighted by atomic mass is 32.2. The van der Waals surface area contributed by atoms with E-state index in [9.17, 15) is 5.11 Å². The van der Waals surface area contributed by atoms with Gasteiger partial charge in [-0.3, -0.25) is 0 Å². The fraction of sp³-hybridized carbons (Fsp3) is 0.647. The summed E-state index contributed by atoms with van der Waals surface area (Å²) in [6.45, 7) is 4.59. The largest absolute Gasteiger partial charge is 0.387 e. The molecule has 0 spiro atoms. The molecule has 1 saturated carbocycles. The van der Waals surface area contributed by atoms with E-state index in [1.807, 2.05) is 23.5 Å². The second-order valence-electron chi connectivity index (χ2n) is 6.12. The molecule has 110 valence electrons. The van der Waals surface area contributed by atoms with Crippen molar-refractivity contribution in [1.29, 1.82) is 0 Å². The van der Waals surface area contributed by atoms with Crippen LogP contribution in [0.3, 0.4) is 0 Å². The minimum Gasteiger partial charge on any atom is -0.387 e. The minimum absolute atomic E-state index is 0.306. The summed E-state index contributed by atoms with van der Waals surface area (Å²) in [6.07, 6.45) is 3.63. The summed E-state index contributed by atoms with van der Waals surface area (Å²) in [7, 11) is 0. The van der Waals surface area contributed by atoms with E-state index in [-0.39, 0.29) is 6.10 Å². The molecule has 1 aliphatic heterocycles. The van der Waals surface area contributed by atoms with Crippen LogP contribution in [0, 0.1) is 0 Å². The molecule has 1 saturated heterocycles. The maximum absolute atomic E-state index is 10.9. The smallest absolute Gasteiger partial charge is 0.0919 e. The van der Waals surface area contributed by atoms with Gasteiger partial charge in [-0.25, -0.2) is 0 Å². The standard InChI is InChI=1S/C17H24OS2/c1-11-12(2)20-16(10-19-11)17(18)15-9-4-3-8-14(15)13-6-5-7-13/h3-4,8-9,11-13,16-18H,5-7,10H2,1-2H3. The van der Waals surface area contributed by atoms with Crippen molar-refractivity contribution in [3.63, 3.8) is 0 Å². The van der Waals surface area contributed by atoms with Crippen molar-refractivity contribution in [3.8, 4) is 0 Å². The molecule has 1 aliphatic carbocycles. The van der Waals surface area contributed by atoms with E-state index in [4.69, 9.17) is 0 Å². The average Bonchev–Trinajstić information content (AvgIpc) is 2.40. The first kappa shape index (κ1) is 14.8. The molecule has 0 amide bonds. The van der Waals surface area contributed by atoms with Crippen LogP contribution < -0.4 is 0 Å². The lowest BCUT2D eigenvalue weighted by atomic mass is 9.77. The Morgan fingerprint density at radius 1 is 1.15 bits per heavy atom. The van der Waals surface area contributed by atoms with E-state index >= 15 is 0 Å². The van der Waals surface area contributed by atoms with Crippen molar-refractivity contribution >= 4 is 23.5 Å². The van der Waals surface area contributed by atoms with Crippen LogP contribution in [0.15, 0.2) is 24.3 Å². The molecule has 1 aromatic rings. The number of aliphatic hydroxyl groups excluding tert-OH is 1. The third-order valence-corrected chi connectivity index (χ3v) is 8.27. The molecule has 20 heavy (non-hydrogen) atoms. The molecule has 0 bridgehead atoms. The van der Waals surface area contributed by atoms with Crippen LogP contribution in [-0.2, 0) is 0 Å². The molecule has 4 unspecified atom stereocenters. The van der Waals surface area contributed by atoms with E-state index in [1.54, 1.807) is 0 Å². The Morgan fingerprint density at radius 3 is 2.55 bits per heavy atom. The fourth-order valence-corrected chi connectivity index (χ4v) is 6.04. The van der Waals surface area contributed by atoms with Gasteiger partial charge >= 0.3 is 0 Å². The fourth-order valence-electron chi connectivity index (χ4n) is 3.04. The number of benzene rings is 1. The number of thioether (sulfide) groups is 2. The van der Waals surface area contributed by atoms with Crippen molar-refractivity contribution in [2.45, 2.75) is 60.9 Å². The Bertz CT molecular complexity index is 458. The zero-order valence-electron chi connectivity index (χ0n) is 12.3. The molecule has 0 radical (unpaired) electrons. The normalized spacial score (nSPS) is 32.6. The third-order valence-electron chi connectivity index (χ3n) is 4.79. The molecule has 1 heterocycles. The highest BCUT2D eigenvalue weighted by molar-refractivity contribution is 8.07. The molecule has 3 rings (SSSR count). The number of hydrogen-bond donors (Lipinski definition) is 1. The van der Waals surface area contributed by atoms with Crippen LogP contribution in [0.5, 0.6) is 0 Å². The summed E-state index contributed by atoms with van der Waals surface area (Å²) in [6, 6.07) is 8.58. The highest BCUT2D eigenvalue weighted by Crippen LogP contribution is 2.44. The number of aliphatic hydroxyl groups is 1. The first-order chi connectivity index (χ1) is 9.66. The summed E-state index contributed by atoms with van der Waals surface area (Å²) in [5, 5.41) is 12.5. The summed E-state index contributed by atoms with van der Waals surface area (Å²) >= 11 is 3.98. The van der Waals surface area contributed by atoms with Gasteiger partial charge in [-0.1, -0.05) is 44.5 Å². The van der Waals surface area contributed by atoms with Gasteiger partial charge in [0.2, 0.25) is 0 Å². The first-order valence-corrected chi connectivity index (χ1v) is 9.70. The van der Waals surface area contributed by atoms with Gasteiger partial charge in [0.25, 0.3) is 0 Å². The Kier molecular flexibility index (Phi) is 4.68. The lowest BCUT2D eigenvalue weighted by Crippen LogP contribution is -2.31. The second-order valence-corrected chi connectivity index (χ2v) is 9.15. The summed E-state index contributed by atoms with van der Waals surface area (Å²) in [5.41, 5.74) is 2.60. The number of rotatable bonds is 3. The SMILES string of the molecule is CC1SCC(C(O)c2ccccc2C2CCC2)SC1C. The Balaban J connectivity index is 1.78. The molecule has 3 heteroatoms. The minimum atomic E-state index is -0.306. The molecule has 1 nitrogen and oxygen atoms in total. The van der Waals surface area contributed by atoms with Gasteiger partial charge in [0.15, 0.2) is 0 Å². The molecular formula is C17H24OS2. The molecule has 2 aliphatic rings. The summed E-state index contributed by atoms with van der Waals surface area (Å²) in [5.74, 6) is 1.76. The quantitative estimate of drug-likeness (QED) is 0.880. The van der Waals surface area contributed by atoms with Gasteiger partial charge in [-0.2, -0.15) is 23.5 Å². The van der Waals surface area contributed by atoms with Crippen molar-refractivity contribution in [2.75, 3.05) is 5.75 Å². The molecule has 1 N–H and O–H groups in total. The lowest BCUT2D eigenvalue weighted by molar-refractivity contribution is 0.177. The van der Waals surface area contributed by atoms with Crippen molar-refractivity contribution in [1.82, 2.24) is 0 Å². The number of hydrogen-bond acceptors (Lipinski definition) is 3. The molecule has 0 aromatic heterocycles. The maximum atomic E-state index is 10.9. The van der Waals surface area contributed by atoms with Crippen molar-refractivity contribution < 1.29 is 5.11 Å². The van der Waals surface area contributed by atoms with E-state index in [0.717, 1.165) is 5.75 Å². The van der Waals surface area contributed by atoms with Crippen LogP contribution >= 0.6 is 23.5 Å². The zero-order chi connectivity index (χ0) is 14.1. The molecule has 4 atom stereocenters. The zero-order valence-corrected chi connectivity index (χ0v) is 13.9. The molecular weight excluding hydrogens is 284 g/mol.